The molecule has 0 aliphatic carbocycles. The van der Waals surface area contributed by atoms with Gasteiger partial charge in [0.15, 0.2) is 0 Å². The Bertz CT molecular complexity index is 669. The summed E-state index contributed by atoms with van der Waals surface area (Å²) in [6.07, 6.45) is 6.38. The number of nitrogens with zero attached hydrogens (tertiary/aromatic N) is 2. The van der Waals surface area contributed by atoms with Crippen molar-refractivity contribution in [1.29, 1.82) is 0 Å². The minimum absolute atomic E-state index is 0.214. The van der Waals surface area contributed by atoms with Crippen molar-refractivity contribution in [2.45, 2.75) is 58.9 Å². The molecule has 0 aromatic carbocycles. The van der Waals surface area contributed by atoms with Gasteiger partial charge in [-0.05, 0) is 24.3 Å². The first-order valence-electron chi connectivity index (χ1n) is 8.87. The molecule has 1 aromatic heterocycles. The minimum atomic E-state index is -0.890. The molecule has 1 aliphatic heterocycles. The molecule has 136 valence electrons. The second-order valence-electron chi connectivity index (χ2n) is 7.57. The summed E-state index contributed by atoms with van der Waals surface area (Å²) in [5.41, 5.74) is 0.0955. The summed E-state index contributed by atoms with van der Waals surface area (Å²) in [5, 5.41) is 9.45. The fourth-order valence-electron chi connectivity index (χ4n) is 3.12. The van der Waals surface area contributed by atoms with Crippen molar-refractivity contribution in [3.63, 3.8) is 0 Å². The topological polar surface area (TPSA) is 62.7 Å². The summed E-state index contributed by atoms with van der Waals surface area (Å²) in [6, 6.07) is 1.87. The molecule has 1 saturated heterocycles. The van der Waals surface area contributed by atoms with Gasteiger partial charge in [-0.25, -0.2) is 4.79 Å². The first-order chi connectivity index (χ1) is 11.8. The lowest BCUT2D eigenvalue weighted by molar-refractivity contribution is -0.0962. The number of hydrogen-bond donors (Lipinski definition) is 1. The van der Waals surface area contributed by atoms with E-state index in [1.54, 1.807) is 12.4 Å². The van der Waals surface area contributed by atoms with Gasteiger partial charge in [-0.15, -0.1) is 0 Å². The number of carboxylic acid groups (broad SMARTS) is 1. The highest BCUT2D eigenvalue weighted by Crippen LogP contribution is 2.45. The average molecular weight is 344 g/mol. The van der Waals surface area contributed by atoms with Crippen molar-refractivity contribution in [1.82, 2.24) is 9.88 Å². The molecule has 0 radical (unpaired) electrons. The summed E-state index contributed by atoms with van der Waals surface area (Å²) in [6.45, 7) is 9.18. The molecule has 0 spiro atoms. The normalized spacial score (nSPS) is 19.6. The van der Waals surface area contributed by atoms with E-state index < -0.39 is 11.6 Å². The SMILES string of the molecule is CCCCC#Cc1cncc(OC[C@@]2(C(C)(C)C)CCN2C(=O)O)c1. The van der Waals surface area contributed by atoms with Crippen LogP contribution in [0.4, 0.5) is 4.79 Å². The molecule has 2 rings (SSSR count). The summed E-state index contributed by atoms with van der Waals surface area (Å²) >= 11 is 0. The molecular formula is C20H28N2O3. The molecule has 5 heteroatoms. The quantitative estimate of drug-likeness (QED) is 0.643. The number of ether oxygens (including phenoxy) is 1. The molecular weight excluding hydrogens is 316 g/mol. The van der Waals surface area contributed by atoms with Crippen LogP contribution in [0.2, 0.25) is 0 Å². The van der Waals surface area contributed by atoms with E-state index in [1.165, 1.54) is 4.90 Å². The second kappa shape index (κ2) is 7.77. The number of unbranched alkanes of at least 4 members (excludes halogenated alkanes) is 2. The maximum absolute atomic E-state index is 11.5. The first-order valence-corrected chi connectivity index (χ1v) is 8.87. The van der Waals surface area contributed by atoms with Crippen molar-refractivity contribution in [2.75, 3.05) is 13.2 Å². The lowest BCUT2D eigenvalue weighted by Gasteiger charge is -2.57. The average Bonchev–Trinajstić information content (AvgIpc) is 2.49. The van der Waals surface area contributed by atoms with E-state index in [0.717, 1.165) is 31.2 Å². The number of rotatable bonds is 5. The van der Waals surface area contributed by atoms with Gasteiger partial charge in [-0.3, -0.25) is 9.88 Å². The van der Waals surface area contributed by atoms with Gasteiger partial charge in [0.25, 0.3) is 0 Å². The lowest BCUT2D eigenvalue weighted by Crippen LogP contribution is -2.70. The van der Waals surface area contributed by atoms with Gasteiger partial charge in [0.2, 0.25) is 0 Å². The minimum Gasteiger partial charge on any atom is -0.489 e. The van der Waals surface area contributed by atoms with E-state index in [4.69, 9.17) is 4.74 Å². The van der Waals surface area contributed by atoms with Crippen molar-refractivity contribution in [3.8, 4) is 17.6 Å². The highest BCUT2D eigenvalue weighted by atomic mass is 16.5. The van der Waals surface area contributed by atoms with E-state index in [2.05, 4.69) is 44.5 Å². The Hall–Kier alpha value is -2.22. The molecule has 0 unspecified atom stereocenters. The van der Waals surface area contributed by atoms with E-state index in [-0.39, 0.29) is 5.41 Å². The Morgan fingerprint density at radius 1 is 1.44 bits per heavy atom. The van der Waals surface area contributed by atoms with Gasteiger partial charge in [0, 0.05) is 24.7 Å². The summed E-state index contributed by atoms with van der Waals surface area (Å²) in [5.74, 6) is 6.87. The fraction of sp³-hybridized carbons (Fsp3) is 0.600. The van der Waals surface area contributed by atoms with Crippen LogP contribution in [-0.2, 0) is 0 Å². The van der Waals surface area contributed by atoms with Gasteiger partial charge in [-0.1, -0.05) is 46.0 Å². The molecule has 0 saturated carbocycles. The van der Waals surface area contributed by atoms with E-state index in [1.807, 2.05) is 6.07 Å². The lowest BCUT2D eigenvalue weighted by atomic mass is 9.66. The molecule has 1 fully saturated rings. The van der Waals surface area contributed by atoms with Crippen LogP contribution in [0.1, 0.15) is 58.9 Å². The van der Waals surface area contributed by atoms with Crippen LogP contribution in [-0.4, -0.2) is 39.8 Å². The van der Waals surface area contributed by atoms with Crippen molar-refractivity contribution < 1.29 is 14.6 Å². The van der Waals surface area contributed by atoms with Gasteiger partial charge in [0.1, 0.15) is 12.4 Å². The molecule has 1 N–H and O–H groups in total. The number of aromatic nitrogens is 1. The Labute approximate surface area is 150 Å². The number of carbonyl (C=O) groups is 1. The van der Waals surface area contributed by atoms with Gasteiger partial charge in [-0.2, -0.15) is 0 Å². The van der Waals surface area contributed by atoms with Crippen molar-refractivity contribution >= 4 is 6.09 Å². The standard InChI is InChI=1S/C20H28N2O3/c1-5-6-7-8-9-16-12-17(14-21-13-16)25-15-20(19(2,3)4)10-11-22(20)18(23)24/h12-14H,5-7,10-11,15H2,1-4H3,(H,23,24)/t20-/m1/s1. The Morgan fingerprint density at radius 3 is 2.76 bits per heavy atom. The van der Waals surface area contributed by atoms with E-state index >= 15 is 0 Å². The number of pyridine rings is 1. The van der Waals surface area contributed by atoms with Gasteiger partial charge >= 0.3 is 6.09 Å². The van der Waals surface area contributed by atoms with Crippen LogP contribution >= 0.6 is 0 Å². The molecule has 0 bridgehead atoms. The van der Waals surface area contributed by atoms with Crippen molar-refractivity contribution in [3.05, 3.63) is 24.0 Å². The maximum Gasteiger partial charge on any atom is 0.407 e. The monoisotopic (exact) mass is 344 g/mol. The van der Waals surface area contributed by atoms with Crippen LogP contribution in [0.15, 0.2) is 18.5 Å². The van der Waals surface area contributed by atoms with Gasteiger partial charge < -0.3 is 9.84 Å². The molecule has 1 amide bonds. The Kier molecular flexibility index (Phi) is 5.94. The highest BCUT2D eigenvalue weighted by Gasteiger charge is 2.55. The predicted molar refractivity (Wildman–Crippen MR) is 97.7 cm³/mol. The van der Waals surface area contributed by atoms with Crippen LogP contribution in [0.5, 0.6) is 5.75 Å². The third kappa shape index (κ3) is 4.25. The molecule has 2 heterocycles. The number of likely N-dealkylation sites (tertiary alicyclic amines) is 1. The Balaban J connectivity index is 2.08. The predicted octanol–water partition coefficient (Wildman–Crippen LogP) is 4.17. The largest absolute Gasteiger partial charge is 0.489 e. The van der Waals surface area contributed by atoms with Crippen LogP contribution in [0, 0.1) is 17.3 Å². The molecule has 1 aliphatic rings. The number of amides is 1. The van der Waals surface area contributed by atoms with Crippen LogP contribution < -0.4 is 4.74 Å². The van der Waals surface area contributed by atoms with Crippen LogP contribution in [0.25, 0.3) is 0 Å². The molecule has 5 nitrogen and oxygen atoms in total. The highest BCUT2D eigenvalue weighted by molar-refractivity contribution is 5.68. The maximum atomic E-state index is 11.5. The third-order valence-electron chi connectivity index (χ3n) is 4.97. The number of hydrogen-bond acceptors (Lipinski definition) is 3. The zero-order valence-electron chi connectivity index (χ0n) is 15.6. The summed E-state index contributed by atoms with van der Waals surface area (Å²) < 4.78 is 5.95. The van der Waals surface area contributed by atoms with E-state index in [9.17, 15) is 9.90 Å². The summed E-state index contributed by atoms with van der Waals surface area (Å²) in [4.78, 5) is 17.2. The van der Waals surface area contributed by atoms with Gasteiger partial charge in [0.05, 0.1) is 11.7 Å². The second-order valence-corrected chi connectivity index (χ2v) is 7.57. The fourth-order valence-corrected chi connectivity index (χ4v) is 3.12. The zero-order valence-corrected chi connectivity index (χ0v) is 15.6. The van der Waals surface area contributed by atoms with E-state index in [0.29, 0.717) is 18.9 Å². The zero-order chi connectivity index (χ0) is 18.5. The third-order valence-corrected chi connectivity index (χ3v) is 4.97. The smallest absolute Gasteiger partial charge is 0.407 e. The molecule has 25 heavy (non-hydrogen) atoms. The Morgan fingerprint density at radius 2 is 2.20 bits per heavy atom. The van der Waals surface area contributed by atoms with Crippen molar-refractivity contribution in [2.24, 2.45) is 5.41 Å². The summed E-state index contributed by atoms with van der Waals surface area (Å²) in [7, 11) is 0. The van der Waals surface area contributed by atoms with Crippen LogP contribution in [0.3, 0.4) is 0 Å². The molecule has 1 aromatic rings. The molecule has 1 atom stereocenters. The first kappa shape index (κ1) is 19.1.